The summed E-state index contributed by atoms with van der Waals surface area (Å²) in [6.07, 6.45) is 0.688. The average Bonchev–Trinajstić information content (AvgIpc) is 3.37. The molecule has 1 fully saturated rings. The molecule has 210 valence electrons. The smallest absolute Gasteiger partial charge is 0.257 e. The lowest BCUT2D eigenvalue weighted by molar-refractivity contribution is -0.133. The van der Waals surface area contributed by atoms with Crippen LogP contribution in [-0.2, 0) is 23.9 Å². The number of anilines is 2. The number of methoxy groups -OCH3 is 1. The van der Waals surface area contributed by atoms with Crippen molar-refractivity contribution in [2.45, 2.75) is 61.3 Å². The summed E-state index contributed by atoms with van der Waals surface area (Å²) in [5.74, 6) is -0.158. The topological polar surface area (TPSA) is 127 Å². The predicted molar refractivity (Wildman–Crippen MR) is 148 cm³/mol. The highest BCUT2D eigenvalue weighted by molar-refractivity contribution is 7.99. The van der Waals surface area contributed by atoms with E-state index < -0.39 is 12.3 Å². The van der Waals surface area contributed by atoms with Crippen molar-refractivity contribution in [1.29, 1.82) is 0 Å². The van der Waals surface area contributed by atoms with Gasteiger partial charge in [0.05, 0.1) is 24.0 Å². The first-order valence-electron chi connectivity index (χ1n) is 13.1. The molecule has 2 aromatic rings. The molecule has 2 heterocycles. The van der Waals surface area contributed by atoms with Gasteiger partial charge in [-0.25, -0.2) is 0 Å². The van der Waals surface area contributed by atoms with E-state index >= 15 is 0 Å². The van der Waals surface area contributed by atoms with Gasteiger partial charge in [-0.2, -0.15) is 0 Å². The normalized spacial score (nSPS) is 18.4. The van der Waals surface area contributed by atoms with Gasteiger partial charge < -0.3 is 35.5 Å². The lowest BCUT2D eigenvalue weighted by atomic mass is 10.0. The lowest BCUT2D eigenvalue weighted by Gasteiger charge is -2.24. The van der Waals surface area contributed by atoms with Crippen LogP contribution in [0.4, 0.5) is 11.4 Å². The Balaban J connectivity index is 1.19. The Morgan fingerprint density at radius 2 is 1.90 bits per heavy atom. The quantitative estimate of drug-likeness (QED) is 0.268. The van der Waals surface area contributed by atoms with Gasteiger partial charge >= 0.3 is 0 Å². The number of hydrogen-bond donors (Lipinski definition) is 4. The summed E-state index contributed by atoms with van der Waals surface area (Å²) in [6, 6.07) is 12.8. The number of carbonyl (C=O) groups is 3. The molecule has 0 aromatic heterocycles. The van der Waals surface area contributed by atoms with Crippen molar-refractivity contribution in [1.82, 2.24) is 16.0 Å². The first-order chi connectivity index (χ1) is 18.8. The molecule has 3 amide bonds. The lowest BCUT2D eigenvalue weighted by Crippen LogP contribution is -2.52. The monoisotopic (exact) mass is 556 g/mol. The zero-order chi connectivity index (χ0) is 27.8. The Morgan fingerprint density at radius 3 is 2.69 bits per heavy atom. The van der Waals surface area contributed by atoms with Crippen molar-refractivity contribution < 1.29 is 28.6 Å². The van der Waals surface area contributed by atoms with Crippen LogP contribution in [0.5, 0.6) is 5.75 Å². The van der Waals surface area contributed by atoms with Crippen molar-refractivity contribution in [3.8, 4) is 5.75 Å². The molecule has 39 heavy (non-hydrogen) atoms. The first kappa shape index (κ1) is 28.7. The number of benzene rings is 2. The fraction of sp³-hybridized carbons (Fsp3) is 0.464. The van der Waals surface area contributed by atoms with Gasteiger partial charge in [-0.15, -0.1) is 0 Å². The number of para-hydroxylation sites is 1. The molecule has 4 rings (SSSR count). The second-order valence-corrected chi connectivity index (χ2v) is 11.0. The molecule has 2 aliphatic rings. The Bertz CT molecular complexity index is 1180. The van der Waals surface area contributed by atoms with Crippen LogP contribution >= 0.6 is 11.8 Å². The zero-order valence-electron chi connectivity index (χ0n) is 22.5. The summed E-state index contributed by atoms with van der Waals surface area (Å²) in [5, 5.41) is 11.8. The number of carbonyl (C=O) groups excluding carboxylic acids is 3. The van der Waals surface area contributed by atoms with Crippen molar-refractivity contribution in [3.05, 3.63) is 42.5 Å². The Morgan fingerprint density at radius 1 is 1.10 bits per heavy atom. The Kier molecular flexibility index (Phi) is 10.1. The van der Waals surface area contributed by atoms with Crippen LogP contribution in [0.15, 0.2) is 52.3 Å². The summed E-state index contributed by atoms with van der Waals surface area (Å²) in [5.41, 5.74) is 1.95. The number of fused-ring (bicyclic) bond motifs is 2. The minimum atomic E-state index is -0.683. The van der Waals surface area contributed by atoms with Gasteiger partial charge in [0.2, 0.25) is 11.8 Å². The molecule has 0 bridgehead atoms. The van der Waals surface area contributed by atoms with E-state index in [2.05, 4.69) is 27.3 Å². The fourth-order valence-electron chi connectivity index (χ4n) is 4.41. The number of rotatable bonds is 12. The minimum absolute atomic E-state index is 0.0419. The molecule has 0 radical (unpaired) electrons. The maximum atomic E-state index is 12.9. The summed E-state index contributed by atoms with van der Waals surface area (Å²) < 4.78 is 16.4. The van der Waals surface area contributed by atoms with Crippen LogP contribution in [0.1, 0.15) is 33.1 Å². The molecule has 1 unspecified atom stereocenters. The number of ether oxygens (including phenoxy) is 3. The van der Waals surface area contributed by atoms with Crippen LogP contribution in [-0.4, -0.2) is 63.0 Å². The third-order valence-electron chi connectivity index (χ3n) is 6.33. The zero-order valence-corrected chi connectivity index (χ0v) is 23.3. The maximum Gasteiger partial charge on any atom is 0.257 e. The fourth-order valence-corrected chi connectivity index (χ4v) is 5.38. The van der Waals surface area contributed by atoms with Gasteiger partial charge in [-0.1, -0.05) is 37.7 Å². The van der Waals surface area contributed by atoms with E-state index in [-0.39, 0.29) is 49.3 Å². The molecule has 2 aromatic carbocycles. The van der Waals surface area contributed by atoms with Crippen LogP contribution in [0, 0.1) is 5.92 Å². The molecule has 3 atom stereocenters. The van der Waals surface area contributed by atoms with Crippen molar-refractivity contribution in [2.75, 3.05) is 32.2 Å². The van der Waals surface area contributed by atoms with Crippen LogP contribution in [0.25, 0.3) is 0 Å². The molecule has 1 saturated heterocycles. The molecule has 2 aliphatic heterocycles. The van der Waals surface area contributed by atoms with Gasteiger partial charge in [-0.3, -0.25) is 14.4 Å². The summed E-state index contributed by atoms with van der Waals surface area (Å²) in [6.45, 7) is 4.43. The van der Waals surface area contributed by atoms with Crippen LogP contribution in [0.2, 0.25) is 0 Å². The SMILES string of the molecule is COC1OCC[C@@H]1NC(=O)[C@H](CC(C)C)NC(=O)CCNC(=O)COc1ccc2c(c1)Nc1ccccc1S2. The molecular formula is C28H36N4O6S. The van der Waals surface area contributed by atoms with E-state index in [9.17, 15) is 14.4 Å². The van der Waals surface area contributed by atoms with Gasteiger partial charge in [-0.05, 0) is 43.0 Å². The molecule has 0 aliphatic carbocycles. The van der Waals surface area contributed by atoms with Gasteiger partial charge in [0.1, 0.15) is 11.8 Å². The van der Waals surface area contributed by atoms with E-state index in [4.69, 9.17) is 14.2 Å². The Hall–Kier alpha value is -3.28. The van der Waals surface area contributed by atoms with Crippen LogP contribution < -0.4 is 26.0 Å². The minimum Gasteiger partial charge on any atom is -0.484 e. The average molecular weight is 557 g/mol. The van der Waals surface area contributed by atoms with Gasteiger partial charge in [0.15, 0.2) is 12.9 Å². The molecule has 10 nitrogen and oxygen atoms in total. The van der Waals surface area contributed by atoms with E-state index in [1.807, 2.05) is 50.2 Å². The highest BCUT2D eigenvalue weighted by Crippen LogP contribution is 2.44. The molecule has 0 saturated carbocycles. The molecule has 11 heteroatoms. The summed E-state index contributed by atoms with van der Waals surface area (Å²) in [7, 11) is 1.53. The third-order valence-corrected chi connectivity index (χ3v) is 7.48. The number of hydrogen-bond acceptors (Lipinski definition) is 8. The van der Waals surface area contributed by atoms with E-state index in [1.165, 1.54) is 7.11 Å². The second-order valence-electron chi connectivity index (χ2n) is 9.90. The summed E-state index contributed by atoms with van der Waals surface area (Å²) >= 11 is 1.68. The Labute approximate surface area is 232 Å². The van der Waals surface area contributed by atoms with Crippen molar-refractivity contribution in [3.63, 3.8) is 0 Å². The maximum absolute atomic E-state index is 12.9. The predicted octanol–water partition coefficient (Wildman–Crippen LogP) is 3.19. The van der Waals surface area contributed by atoms with Crippen LogP contribution in [0.3, 0.4) is 0 Å². The van der Waals surface area contributed by atoms with E-state index in [0.29, 0.717) is 25.2 Å². The van der Waals surface area contributed by atoms with Gasteiger partial charge in [0, 0.05) is 35.9 Å². The molecule has 0 spiro atoms. The molecular weight excluding hydrogens is 520 g/mol. The first-order valence-corrected chi connectivity index (χ1v) is 14.0. The number of amides is 3. The largest absolute Gasteiger partial charge is 0.484 e. The van der Waals surface area contributed by atoms with Gasteiger partial charge in [0.25, 0.3) is 5.91 Å². The molecule has 4 N–H and O–H groups in total. The third kappa shape index (κ3) is 8.11. The van der Waals surface area contributed by atoms with E-state index in [1.54, 1.807) is 11.8 Å². The highest BCUT2D eigenvalue weighted by Gasteiger charge is 2.32. The highest BCUT2D eigenvalue weighted by atomic mass is 32.2. The summed E-state index contributed by atoms with van der Waals surface area (Å²) in [4.78, 5) is 39.9. The van der Waals surface area contributed by atoms with E-state index in [0.717, 1.165) is 21.2 Å². The van der Waals surface area contributed by atoms with Crippen molar-refractivity contribution in [2.24, 2.45) is 5.92 Å². The number of nitrogens with one attached hydrogen (secondary N) is 4. The van der Waals surface area contributed by atoms with Crippen molar-refractivity contribution >= 4 is 40.9 Å². The second kappa shape index (κ2) is 13.7. The standard InChI is InChI=1S/C28H36N4O6S/c1-17(2)14-22(27(35)32-20-11-13-37-28(20)36-3)31-25(33)10-12-29-26(34)16-38-18-8-9-24-21(15-18)30-19-6-4-5-7-23(19)39-24/h4-9,15,17,20,22,28,30H,10-14,16H2,1-3H3,(H,29,34)(H,31,33)(H,32,35)/t20-,22-,28?/m0/s1.